The van der Waals surface area contributed by atoms with Crippen molar-refractivity contribution in [2.24, 2.45) is 10.8 Å². The third kappa shape index (κ3) is 3.19. The van der Waals surface area contributed by atoms with Gasteiger partial charge in [-0.25, -0.2) is 0 Å². The van der Waals surface area contributed by atoms with Gasteiger partial charge in [-0.2, -0.15) is 5.26 Å². The first-order valence-electron chi connectivity index (χ1n) is 9.11. The highest BCUT2D eigenvalue weighted by molar-refractivity contribution is 6.74. The topological polar surface area (TPSA) is 59.3 Å². The van der Waals surface area contributed by atoms with Gasteiger partial charge in [-0.1, -0.05) is 34.6 Å². The second-order valence-electron chi connectivity index (χ2n) is 10.3. The zero-order chi connectivity index (χ0) is 19.5. The minimum atomic E-state index is -1.99. The molecule has 0 spiro atoms. The summed E-state index contributed by atoms with van der Waals surface area (Å²) in [4.78, 5) is 13.0. The number of ketones is 1. The number of carbonyl (C=O) groups is 1. The third-order valence-corrected chi connectivity index (χ3v) is 10.6. The fourth-order valence-electron chi connectivity index (χ4n) is 3.78. The summed E-state index contributed by atoms with van der Waals surface area (Å²) < 4.78 is 12.8. The lowest BCUT2D eigenvalue weighted by molar-refractivity contribution is -0.189. The average Bonchev–Trinajstić information content (AvgIpc) is 2.33. The molecular formula is C20H33NO3Si. The molecule has 0 saturated carbocycles. The van der Waals surface area contributed by atoms with Crippen LogP contribution in [0.15, 0.2) is 11.8 Å². The van der Waals surface area contributed by atoms with Crippen LogP contribution >= 0.6 is 0 Å². The zero-order valence-corrected chi connectivity index (χ0v) is 18.2. The van der Waals surface area contributed by atoms with Gasteiger partial charge in [-0.15, -0.1) is 0 Å². The molecule has 2 rings (SSSR count). The van der Waals surface area contributed by atoms with Crippen LogP contribution in [-0.2, 0) is 14.0 Å². The quantitative estimate of drug-likeness (QED) is 0.650. The fourth-order valence-corrected chi connectivity index (χ4v) is 4.88. The predicted octanol–water partition coefficient (Wildman–Crippen LogP) is 4.97. The molecule has 0 unspecified atom stereocenters. The number of nitrogens with zero attached hydrogens (tertiary/aromatic N) is 1. The summed E-state index contributed by atoms with van der Waals surface area (Å²) in [6.07, 6.45) is 2.30. The molecule has 1 heterocycles. The Balaban J connectivity index is 2.48. The number of fused-ring (bicyclic) bond motifs is 1. The van der Waals surface area contributed by atoms with E-state index in [1.54, 1.807) is 0 Å². The molecule has 2 atom stereocenters. The minimum absolute atomic E-state index is 0.0103. The normalized spacial score (nSPS) is 31.6. The SMILES string of the molecule is CC1(C)CC(=O)[C@]2(C#N)[C@@H](CC(O[Si](C)(C)C(C)(C)C)=CC2(C)C)O1. The molecule has 0 aromatic rings. The Morgan fingerprint density at radius 2 is 1.84 bits per heavy atom. The zero-order valence-electron chi connectivity index (χ0n) is 17.2. The van der Waals surface area contributed by atoms with E-state index in [1.807, 2.05) is 33.8 Å². The number of ether oxygens (including phenoxy) is 1. The summed E-state index contributed by atoms with van der Waals surface area (Å²) in [5.74, 6) is 0.863. The van der Waals surface area contributed by atoms with Gasteiger partial charge in [0.2, 0.25) is 8.32 Å². The maximum absolute atomic E-state index is 13.0. The van der Waals surface area contributed by atoms with E-state index in [1.165, 1.54) is 0 Å². The van der Waals surface area contributed by atoms with Gasteiger partial charge < -0.3 is 9.16 Å². The van der Waals surface area contributed by atoms with Crippen LogP contribution in [0.2, 0.25) is 18.1 Å². The summed E-state index contributed by atoms with van der Waals surface area (Å²) in [7, 11) is -1.99. The number of hydrogen-bond donors (Lipinski definition) is 0. The second kappa shape index (κ2) is 5.69. The monoisotopic (exact) mass is 363 g/mol. The Bertz CT molecular complexity index is 649. The molecule has 5 heteroatoms. The molecule has 1 fully saturated rings. The maximum atomic E-state index is 13.0. The van der Waals surface area contributed by atoms with Crippen molar-refractivity contribution < 1.29 is 14.0 Å². The van der Waals surface area contributed by atoms with Crippen molar-refractivity contribution in [2.75, 3.05) is 0 Å². The largest absolute Gasteiger partial charge is 0.547 e. The molecule has 2 aliphatic rings. The van der Waals surface area contributed by atoms with Crippen molar-refractivity contribution in [3.05, 3.63) is 11.8 Å². The number of hydrogen-bond acceptors (Lipinski definition) is 4. The van der Waals surface area contributed by atoms with Crippen LogP contribution in [0.3, 0.4) is 0 Å². The van der Waals surface area contributed by atoms with Crippen molar-refractivity contribution in [1.82, 2.24) is 0 Å². The van der Waals surface area contributed by atoms with Crippen molar-refractivity contribution in [3.8, 4) is 6.07 Å². The van der Waals surface area contributed by atoms with Gasteiger partial charge in [0.05, 0.1) is 23.5 Å². The van der Waals surface area contributed by atoms with Crippen LogP contribution in [0.5, 0.6) is 0 Å². The van der Waals surface area contributed by atoms with E-state index < -0.39 is 30.9 Å². The highest BCUT2D eigenvalue weighted by atomic mass is 28.4. The maximum Gasteiger partial charge on any atom is 0.250 e. The van der Waals surface area contributed by atoms with Crippen molar-refractivity contribution in [1.29, 1.82) is 5.26 Å². The predicted molar refractivity (Wildman–Crippen MR) is 101 cm³/mol. The molecule has 25 heavy (non-hydrogen) atoms. The van der Waals surface area contributed by atoms with Crippen LogP contribution in [-0.4, -0.2) is 25.8 Å². The highest BCUT2D eigenvalue weighted by Crippen LogP contribution is 2.55. The first kappa shape index (κ1) is 20.2. The fraction of sp³-hybridized carbons (Fsp3) is 0.800. The molecule has 1 aliphatic carbocycles. The lowest BCUT2D eigenvalue weighted by Crippen LogP contribution is -2.61. The number of Topliss-reactive ketones (excluding diaryl/α,β-unsaturated/α-hetero) is 1. The van der Waals surface area contributed by atoms with E-state index in [0.717, 1.165) is 5.76 Å². The van der Waals surface area contributed by atoms with Gasteiger partial charge >= 0.3 is 0 Å². The Kier molecular flexibility index (Phi) is 4.59. The average molecular weight is 364 g/mol. The highest BCUT2D eigenvalue weighted by Gasteiger charge is 2.63. The number of carbonyl (C=O) groups excluding carboxylic acids is 1. The molecule has 4 nitrogen and oxygen atoms in total. The van der Waals surface area contributed by atoms with Crippen molar-refractivity contribution in [3.63, 3.8) is 0 Å². The summed E-state index contributed by atoms with van der Waals surface area (Å²) in [6.45, 7) is 18.8. The van der Waals surface area contributed by atoms with Crippen molar-refractivity contribution >= 4 is 14.1 Å². The Morgan fingerprint density at radius 3 is 2.32 bits per heavy atom. The summed E-state index contributed by atoms with van der Waals surface area (Å²) >= 11 is 0. The lowest BCUT2D eigenvalue weighted by atomic mass is 9.55. The molecular weight excluding hydrogens is 330 g/mol. The van der Waals surface area contributed by atoms with E-state index in [-0.39, 0.29) is 17.2 Å². The number of allylic oxidation sites excluding steroid dienone is 1. The van der Waals surface area contributed by atoms with E-state index >= 15 is 0 Å². The van der Waals surface area contributed by atoms with Crippen LogP contribution in [0, 0.1) is 22.2 Å². The van der Waals surface area contributed by atoms with E-state index in [9.17, 15) is 10.1 Å². The summed E-state index contributed by atoms with van der Waals surface area (Å²) in [6, 6.07) is 2.35. The molecule has 0 bridgehead atoms. The molecule has 1 saturated heterocycles. The molecule has 0 N–H and O–H groups in total. The van der Waals surface area contributed by atoms with Crippen LogP contribution < -0.4 is 0 Å². The second-order valence-corrected chi connectivity index (χ2v) is 15.0. The standard InChI is InChI=1S/C20H33NO3Si/c1-17(2,3)25(8,9)24-14-10-16-20(13-21,18(4,5)11-14)15(22)12-19(6,7)23-16/h11,16H,10,12H2,1-9H3/t16-,20-/m1/s1. The van der Waals surface area contributed by atoms with Gasteiger partial charge in [0.1, 0.15) is 0 Å². The molecule has 0 aromatic carbocycles. The van der Waals surface area contributed by atoms with E-state index in [0.29, 0.717) is 6.42 Å². The lowest BCUT2D eigenvalue weighted by Gasteiger charge is -2.53. The Hall–Kier alpha value is -1.12. The van der Waals surface area contributed by atoms with E-state index in [2.05, 4.69) is 39.9 Å². The molecule has 140 valence electrons. The Morgan fingerprint density at radius 1 is 1.28 bits per heavy atom. The third-order valence-electron chi connectivity index (χ3n) is 6.26. The molecule has 0 amide bonds. The Labute approximate surface area is 153 Å². The van der Waals surface area contributed by atoms with Crippen LogP contribution in [0.1, 0.15) is 61.3 Å². The van der Waals surface area contributed by atoms with Gasteiger partial charge in [0, 0.05) is 18.3 Å². The molecule has 0 aromatic heterocycles. The molecule has 1 aliphatic heterocycles. The van der Waals surface area contributed by atoms with Gasteiger partial charge in [-0.05, 0) is 38.1 Å². The first-order valence-corrected chi connectivity index (χ1v) is 12.0. The summed E-state index contributed by atoms with van der Waals surface area (Å²) in [5, 5.41) is 10.1. The van der Waals surface area contributed by atoms with Gasteiger partial charge in [0.25, 0.3) is 0 Å². The first-order chi connectivity index (χ1) is 11.1. The smallest absolute Gasteiger partial charge is 0.250 e. The number of rotatable bonds is 2. The molecule has 0 radical (unpaired) electrons. The summed E-state index contributed by atoms with van der Waals surface area (Å²) in [5.41, 5.74) is -2.31. The van der Waals surface area contributed by atoms with Gasteiger partial charge in [0.15, 0.2) is 11.2 Å². The van der Waals surface area contributed by atoms with E-state index in [4.69, 9.17) is 9.16 Å². The van der Waals surface area contributed by atoms with Crippen LogP contribution in [0.4, 0.5) is 0 Å². The number of nitriles is 1. The van der Waals surface area contributed by atoms with Crippen LogP contribution in [0.25, 0.3) is 0 Å². The van der Waals surface area contributed by atoms with Crippen molar-refractivity contribution in [2.45, 2.75) is 91.1 Å². The minimum Gasteiger partial charge on any atom is -0.547 e. The van der Waals surface area contributed by atoms with Gasteiger partial charge in [-0.3, -0.25) is 4.79 Å².